The van der Waals surface area contributed by atoms with Gasteiger partial charge >= 0.3 is 6.09 Å². The molecule has 7 atom stereocenters. The molecule has 3 heterocycles. The largest absolute Gasteiger partial charge is 0.497 e. The van der Waals surface area contributed by atoms with Crippen molar-refractivity contribution in [3.05, 3.63) is 41.2 Å². The van der Waals surface area contributed by atoms with Gasteiger partial charge in [-0.3, -0.25) is 23.7 Å². The molecule has 8 rings (SSSR count). The van der Waals surface area contributed by atoms with Crippen LogP contribution in [0.3, 0.4) is 0 Å². The highest BCUT2D eigenvalue weighted by Gasteiger charge is 2.64. The van der Waals surface area contributed by atoms with E-state index in [0.29, 0.717) is 42.5 Å². The monoisotopic (exact) mass is 852 g/mol. The number of fused-ring (bicyclic) bond motifs is 5. The Morgan fingerprint density at radius 3 is 2.42 bits per heavy atom. The Balaban J connectivity index is 1.14. The molecule has 1 aromatic carbocycles. The molecule has 60 heavy (non-hydrogen) atoms. The maximum Gasteiger partial charge on any atom is 0.408 e. The number of sulfonamides is 1. The summed E-state index contributed by atoms with van der Waals surface area (Å²) in [5.41, 5.74) is -1.59. The molecule has 18 heteroatoms. The number of benzene rings is 1. The van der Waals surface area contributed by atoms with Crippen molar-refractivity contribution < 1.29 is 46.5 Å². The first-order valence-corrected chi connectivity index (χ1v) is 22.9. The van der Waals surface area contributed by atoms with E-state index in [4.69, 9.17) is 23.9 Å². The first-order chi connectivity index (χ1) is 28.8. The third kappa shape index (κ3) is 7.96. The normalized spacial score (nSPS) is 30.7. The summed E-state index contributed by atoms with van der Waals surface area (Å²) in [6.45, 7) is 4.01. The molecular formula is C42H56N6O11S. The number of amides is 4. The smallest absolute Gasteiger partial charge is 0.408 e. The second-order valence-electron chi connectivity index (χ2n) is 17.4. The van der Waals surface area contributed by atoms with Crippen LogP contribution >= 0.6 is 0 Å². The van der Waals surface area contributed by atoms with Crippen molar-refractivity contribution in [1.29, 1.82) is 0 Å². The van der Waals surface area contributed by atoms with Gasteiger partial charge in [-0.1, -0.05) is 31.8 Å². The molecule has 5 fully saturated rings. The standard InChI is InChI=1S/C42H56N6O11S/c1-4-27-23-42(27,38(52)46-60(54,55)41(57-3)18-19-41)45-35(49)32-22-29-24-48(32)37(51)34(26-12-7-8-13-26)44-40(53)59-33-15-10-14-25(33)11-6-5-9-20-47-36(50)30-17-16-28(56-2)21-31(30)43-39(47)58-29/h4,16-17,21,25-27,29,32-34H,1,5-15,18-20,22-24H2,2-3H3,(H,44,53)(H,45,49)(H,46,52)/t25-,27-,29-,32+,33-,34+,42-/m1/s1. The predicted molar refractivity (Wildman–Crippen MR) is 217 cm³/mol. The number of nitrogens with zero attached hydrogens (tertiary/aromatic N) is 3. The molecule has 326 valence electrons. The van der Waals surface area contributed by atoms with Crippen molar-refractivity contribution in [3.8, 4) is 11.8 Å². The molecule has 0 unspecified atom stereocenters. The van der Waals surface area contributed by atoms with Crippen molar-refractivity contribution in [1.82, 2.24) is 29.8 Å². The Kier molecular flexibility index (Phi) is 11.6. The Morgan fingerprint density at radius 2 is 1.72 bits per heavy atom. The zero-order valence-electron chi connectivity index (χ0n) is 34.3. The van der Waals surface area contributed by atoms with E-state index in [1.165, 1.54) is 29.8 Å². The summed E-state index contributed by atoms with van der Waals surface area (Å²) in [5.74, 6) is -2.27. The molecule has 4 aliphatic carbocycles. The van der Waals surface area contributed by atoms with Crippen LogP contribution in [-0.2, 0) is 40.4 Å². The summed E-state index contributed by atoms with van der Waals surface area (Å²) in [7, 11) is -1.47. The molecule has 17 nitrogen and oxygen atoms in total. The first kappa shape index (κ1) is 42.0. The Bertz CT molecular complexity index is 2200. The summed E-state index contributed by atoms with van der Waals surface area (Å²) < 4.78 is 53.4. The summed E-state index contributed by atoms with van der Waals surface area (Å²) in [5, 5.41) is 6.12. The lowest BCUT2D eigenvalue weighted by Gasteiger charge is -2.32. The molecular weight excluding hydrogens is 797 g/mol. The van der Waals surface area contributed by atoms with Gasteiger partial charge in [0.25, 0.3) is 27.5 Å². The van der Waals surface area contributed by atoms with Gasteiger partial charge in [0.1, 0.15) is 35.6 Å². The van der Waals surface area contributed by atoms with Crippen LogP contribution in [0.15, 0.2) is 35.6 Å². The minimum Gasteiger partial charge on any atom is -0.497 e. The summed E-state index contributed by atoms with van der Waals surface area (Å²) >= 11 is 0. The maximum absolute atomic E-state index is 14.9. The molecule has 3 N–H and O–H groups in total. The van der Waals surface area contributed by atoms with Crippen LogP contribution < -0.4 is 30.4 Å². The number of methoxy groups -OCH3 is 2. The summed E-state index contributed by atoms with van der Waals surface area (Å²) in [6.07, 6.45) is 9.03. The molecule has 6 aliphatic rings. The van der Waals surface area contributed by atoms with Crippen molar-refractivity contribution in [2.75, 3.05) is 20.8 Å². The van der Waals surface area contributed by atoms with Gasteiger partial charge in [0.15, 0.2) is 4.93 Å². The topological polar surface area (TPSA) is 214 Å². The van der Waals surface area contributed by atoms with Crippen LogP contribution in [0, 0.1) is 17.8 Å². The van der Waals surface area contributed by atoms with E-state index < -0.39 is 68.4 Å². The number of hydrogen-bond donors (Lipinski definition) is 3. The van der Waals surface area contributed by atoms with Crippen molar-refractivity contribution >= 4 is 44.7 Å². The van der Waals surface area contributed by atoms with Crippen LogP contribution in [0.2, 0.25) is 0 Å². The molecule has 2 bridgehead atoms. The van der Waals surface area contributed by atoms with Gasteiger partial charge in [-0.2, -0.15) is 4.98 Å². The average molecular weight is 853 g/mol. The fourth-order valence-corrected chi connectivity index (χ4v) is 11.4. The third-order valence-electron chi connectivity index (χ3n) is 13.8. The Labute approximate surface area is 349 Å². The van der Waals surface area contributed by atoms with Gasteiger partial charge in [0.05, 0.1) is 24.6 Å². The molecule has 1 saturated heterocycles. The van der Waals surface area contributed by atoms with E-state index in [1.54, 1.807) is 18.2 Å². The predicted octanol–water partition coefficient (Wildman–Crippen LogP) is 3.42. The highest BCUT2D eigenvalue weighted by Crippen LogP contribution is 2.47. The average Bonchev–Trinajstić information content (AvgIpc) is 3.94. The highest BCUT2D eigenvalue weighted by molar-refractivity contribution is 7.91. The van der Waals surface area contributed by atoms with Gasteiger partial charge in [-0.05, 0) is 88.2 Å². The van der Waals surface area contributed by atoms with Gasteiger partial charge in [-0.15, -0.1) is 6.58 Å². The van der Waals surface area contributed by atoms with Crippen LogP contribution in [-0.4, -0.2) is 102 Å². The van der Waals surface area contributed by atoms with Crippen LogP contribution in [0.5, 0.6) is 11.8 Å². The zero-order valence-corrected chi connectivity index (χ0v) is 35.1. The third-order valence-corrected chi connectivity index (χ3v) is 15.8. The Hall–Kier alpha value is -4.71. The molecule has 1 aromatic heterocycles. The van der Waals surface area contributed by atoms with Crippen LogP contribution in [0.1, 0.15) is 96.3 Å². The lowest BCUT2D eigenvalue weighted by molar-refractivity contribution is -0.142. The van der Waals surface area contributed by atoms with Gasteiger partial charge < -0.3 is 34.5 Å². The lowest BCUT2D eigenvalue weighted by atomic mass is 9.96. The Morgan fingerprint density at radius 1 is 0.983 bits per heavy atom. The van der Waals surface area contributed by atoms with E-state index in [2.05, 4.69) is 21.9 Å². The number of aromatic nitrogens is 2. The SMILES string of the molecule is C=C[C@@H]1C[C@]1(NC(=O)[C@@H]1C[C@@H]2CN1C(=O)[C@H](C1CCCC1)NC(=O)O[C@@H]1CCC[C@H]1CCCCCn1c(nc3cc(OC)ccc3c1=O)O2)C(=O)NS(=O)(=O)C1(OC)CC1. The van der Waals surface area contributed by atoms with Gasteiger partial charge in [0.2, 0.25) is 11.8 Å². The molecule has 0 radical (unpaired) electrons. The highest BCUT2D eigenvalue weighted by atomic mass is 32.2. The van der Waals surface area contributed by atoms with Crippen LogP contribution in [0.4, 0.5) is 4.79 Å². The number of hydrogen-bond acceptors (Lipinski definition) is 12. The quantitative estimate of drug-likeness (QED) is 0.310. The second kappa shape index (κ2) is 16.6. The van der Waals surface area contributed by atoms with E-state index >= 15 is 0 Å². The molecule has 2 aliphatic heterocycles. The number of nitrogens with one attached hydrogen (secondary N) is 3. The minimum absolute atomic E-state index is 0.0346. The summed E-state index contributed by atoms with van der Waals surface area (Å²) in [4.78, 5) is 75.8. The van der Waals surface area contributed by atoms with E-state index in [9.17, 15) is 32.4 Å². The lowest BCUT2D eigenvalue weighted by Crippen LogP contribution is -2.59. The number of carbonyl (C=O) groups is 4. The van der Waals surface area contributed by atoms with Gasteiger partial charge in [0, 0.05) is 32.1 Å². The summed E-state index contributed by atoms with van der Waals surface area (Å²) in [6, 6.07) is 2.83. The van der Waals surface area contributed by atoms with Crippen molar-refractivity contribution in [2.24, 2.45) is 17.8 Å². The van der Waals surface area contributed by atoms with E-state index in [1.807, 2.05) is 0 Å². The molecule has 2 aromatic rings. The number of ether oxygens (including phenoxy) is 4. The second-order valence-corrected chi connectivity index (χ2v) is 19.4. The molecule has 4 amide bonds. The number of carbonyl (C=O) groups excluding carboxylic acids is 4. The maximum atomic E-state index is 14.9. The number of alkyl carbamates (subject to hydrolysis) is 1. The van der Waals surface area contributed by atoms with E-state index in [0.717, 1.165) is 51.4 Å². The van der Waals surface area contributed by atoms with Crippen LogP contribution in [0.25, 0.3) is 10.9 Å². The van der Waals surface area contributed by atoms with Crippen molar-refractivity contribution in [2.45, 2.75) is 138 Å². The number of rotatable bonds is 9. The first-order valence-electron chi connectivity index (χ1n) is 21.4. The molecule has 0 spiro atoms. The molecule has 4 saturated carbocycles. The fraction of sp³-hybridized carbons (Fsp3) is 0.667. The minimum atomic E-state index is -4.26. The van der Waals surface area contributed by atoms with Gasteiger partial charge in [-0.25, -0.2) is 17.9 Å². The van der Waals surface area contributed by atoms with Crippen molar-refractivity contribution in [3.63, 3.8) is 0 Å². The zero-order chi connectivity index (χ0) is 42.4. The van der Waals surface area contributed by atoms with E-state index in [-0.39, 0.29) is 61.7 Å². The fourth-order valence-electron chi connectivity index (χ4n) is 9.94.